The van der Waals surface area contributed by atoms with Crippen molar-refractivity contribution < 1.29 is 9.90 Å². The van der Waals surface area contributed by atoms with Gasteiger partial charge in [0.1, 0.15) is 4.87 Å². The van der Waals surface area contributed by atoms with Crippen LogP contribution in [0, 0.1) is 0 Å². The van der Waals surface area contributed by atoms with E-state index < -0.39 is 10.8 Å². The molecule has 0 amide bonds. The Morgan fingerprint density at radius 3 is 2.07 bits per heavy atom. The van der Waals surface area contributed by atoms with Gasteiger partial charge in [0.2, 0.25) is 0 Å². The van der Waals surface area contributed by atoms with E-state index in [0.717, 1.165) is 32.1 Å². The van der Waals surface area contributed by atoms with E-state index in [1.54, 1.807) is 0 Å². The van der Waals surface area contributed by atoms with Crippen molar-refractivity contribution in [3.05, 3.63) is 0 Å². The van der Waals surface area contributed by atoms with Crippen LogP contribution in [0.2, 0.25) is 0 Å². The van der Waals surface area contributed by atoms with Gasteiger partial charge in [-0.05, 0) is 12.8 Å². The molecule has 1 unspecified atom stereocenters. The summed E-state index contributed by atoms with van der Waals surface area (Å²) in [4.78, 5) is 9.98. The van der Waals surface area contributed by atoms with Gasteiger partial charge < -0.3 is 5.11 Å². The van der Waals surface area contributed by atoms with Crippen LogP contribution in [0.3, 0.4) is 0 Å². The number of carbonyl (C=O) groups is 1. The van der Waals surface area contributed by atoms with Gasteiger partial charge in [0, 0.05) is 0 Å². The number of unbranched alkanes of at least 4 members (excludes halogenated alkanes) is 3. The average molecular weight is 221 g/mol. The van der Waals surface area contributed by atoms with Crippen molar-refractivity contribution >= 4 is 17.6 Å². The van der Waals surface area contributed by atoms with Gasteiger partial charge in [-0.2, -0.15) is 0 Å². The minimum Gasteiger partial charge on any atom is -0.480 e. The van der Waals surface area contributed by atoms with Crippen LogP contribution in [-0.4, -0.2) is 16.0 Å². The third-order valence-corrected chi connectivity index (χ3v) is 3.03. The summed E-state index contributed by atoms with van der Waals surface area (Å²) in [5.74, 6) is -0.858. The van der Waals surface area contributed by atoms with Gasteiger partial charge in [-0.25, -0.2) is 0 Å². The summed E-state index contributed by atoms with van der Waals surface area (Å²) in [6, 6.07) is 0. The number of rotatable bonds is 8. The molecule has 0 aliphatic carbocycles. The van der Waals surface area contributed by atoms with Crippen LogP contribution in [0.4, 0.5) is 0 Å². The van der Waals surface area contributed by atoms with Crippen molar-refractivity contribution in [2.45, 2.75) is 63.7 Å². The molecule has 0 saturated carbocycles. The summed E-state index contributed by atoms with van der Waals surface area (Å²) in [5.41, 5.74) is 0. The van der Waals surface area contributed by atoms with Crippen molar-refractivity contribution in [3.8, 4) is 0 Å². The predicted octanol–water partition coefficient (Wildman–Crippen LogP) is 3.82. The molecule has 2 nitrogen and oxygen atoms in total. The van der Waals surface area contributed by atoms with Crippen LogP contribution in [0.1, 0.15) is 58.8 Å². The largest absolute Gasteiger partial charge is 0.480 e. The lowest BCUT2D eigenvalue weighted by Crippen LogP contribution is -2.32. The average Bonchev–Trinajstić information content (AvgIpc) is 2.15. The first-order valence-electron chi connectivity index (χ1n) is 5.49. The van der Waals surface area contributed by atoms with Crippen molar-refractivity contribution in [1.29, 1.82) is 0 Å². The van der Waals surface area contributed by atoms with Gasteiger partial charge in [0.15, 0.2) is 0 Å². The SMILES string of the molecule is CCCCCC(Cl)(CCCC)C(=O)O. The van der Waals surface area contributed by atoms with Gasteiger partial charge in [0.05, 0.1) is 0 Å². The maximum atomic E-state index is 11.0. The summed E-state index contributed by atoms with van der Waals surface area (Å²) < 4.78 is 0. The highest BCUT2D eigenvalue weighted by Gasteiger charge is 2.34. The second kappa shape index (κ2) is 7.10. The Morgan fingerprint density at radius 2 is 1.64 bits per heavy atom. The number of aliphatic carboxylic acids is 1. The lowest BCUT2D eigenvalue weighted by atomic mass is 9.95. The van der Waals surface area contributed by atoms with E-state index >= 15 is 0 Å². The fourth-order valence-electron chi connectivity index (χ4n) is 1.45. The van der Waals surface area contributed by atoms with E-state index in [-0.39, 0.29) is 0 Å². The molecule has 0 spiro atoms. The summed E-state index contributed by atoms with van der Waals surface area (Å²) in [5, 5.41) is 9.03. The molecular formula is C11H21ClO2. The lowest BCUT2D eigenvalue weighted by Gasteiger charge is -2.21. The maximum absolute atomic E-state index is 11.0. The summed E-state index contributed by atoms with van der Waals surface area (Å²) in [6.45, 7) is 4.15. The van der Waals surface area contributed by atoms with Crippen LogP contribution < -0.4 is 0 Å². The number of halogens is 1. The zero-order chi connectivity index (χ0) is 11.0. The van der Waals surface area contributed by atoms with Crippen LogP contribution in [0.15, 0.2) is 0 Å². The van der Waals surface area contributed by atoms with Crippen LogP contribution in [0.5, 0.6) is 0 Å². The fraction of sp³-hybridized carbons (Fsp3) is 0.909. The molecule has 0 heterocycles. The van der Waals surface area contributed by atoms with E-state index in [4.69, 9.17) is 16.7 Å². The molecule has 84 valence electrons. The van der Waals surface area contributed by atoms with Crippen LogP contribution >= 0.6 is 11.6 Å². The van der Waals surface area contributed by atoms with Gasteiger partial charge in [-0.1, -0.05) is 46.0 Å². The van der Waals surface area contributed by atoms with E-state index in [0.29, 0.717) is 12.8 Å². The molecule has 0 fully saturated rings. The van der Waals surface area contributed by atoms with Crippen molar-refractivity contribution in [1.82, 2.24) is 0 Å². The molecule has 0 aliphatic heterocycles. The molecule has 0 bridgehead atoms. The molecule has 0 rings (SSSR count). The molecule has 0 aromatic heterocycles. The third-order valence-electron chi connectivity index (χ3n) is 2.49. The Labute approximate surface area is 91.6 Å². The van der Waals surface area contributed by atoms with Gasteiger partial charge in [-0.3, -0.25) is 4.79 Å². The van der Waals surface area contributed by atoms with Crippen LogP contribution in [0.25, 0.3) is 0 Å². The number of hydrogen-bond acceptors (Lipinski definition) is 1. The monoisotopic (exact) mass is 220 g/mol. The van der Waals surface area contributed by atoms with Crippen LogP contribution in [-0.2, 0) is 4.79 Å². The Kier molecular flexibility index (Phi) is 6.98. The second-order valence-electron chi connectivity index (χ2n) is 3.83. The van der Waals surface area contributed by atoms with E-state index in [1.165, 1.54) is 0 Å². The maximum Gasteiger partial charge on any atom is 0.324 e. The number of hydrogen-bond donors (Lipinski definition) is 1. The van der Waals surface area contributed by atoms with Gasteiger partial charge in [-0.15, -0.1) is 11.6 Å². The predicted molar refractivity (Wildman–Crippen MR) is 59.9 cm³/mol. The molecule has 0 aromatic rings. The van der Waals surface area contributed by atoms with Crippen molar-refractivity contribution in [2.24, 2.45) is 0 Å². The second-order valence-corrected chi connectivity index (χ2v) is 4.55. The summed E-state index contributed by atoms with van der Waals surface area (Å²) in [6.07, 6.45) is 6.14. The molecule has 0 aromatic carbocycles. The summed E-state index contributed by atoms with van der Waals surface area (Å²) >= 11 is 6.09. The highest BCUT2D eigenvalue weighted by atomic mass is 35.5. The first-order chi connectivity index (χ1) is 6.56. The Hall–Kier alpha value is -0.240. The molecular weight excluding hydrogens is 200 g/mol. The van der Waals surface area contributed by atoms with E-state index in [2.05, 4.69) is 6.92 Å². The smallest absolute Gasteiger partial charge is 0.324 e. The molecule has 0 saturated heterocycles. The number of carboxylic acid groups (broad SMARTS) is 1. The number of carboxylic acids is 1. The van der Waals surface area contributed by atoms with E-state index in [9.17, 15) is 4.79 Å². The topological polar surface area (TPSA) is 37.3 Å². The zero-order valence-corrected chi connectivity index (χ0v) is 9.94. The Balaban J connectivity index is 4.03. The Morgan fingerprint density at radius 1 is 1.14 bits per heavy atom. The lowest BCUT2D eigenvalue weighted by molar-refractivity contribution is -0.140. The van der Waals surface area contributed by atoms with Gasteiger partial charge >= 0.3 is 5.97 Å². The molecule has 1 atom stereocenters. The first-order valence-corrected chi connectivity index (χ1v) is 5.87. The molecule has 0 radical (unpaired) electrons. The number of alkyl halides is 1. The minimum absolute atomic E-state index is 0.587. The van der Waals surface area contributed by atoms with Crippen molar-refractivity contribution in [2.75, 3.05) is 0 Å². The molecule has 0 aliphatic rings. The quantitative estimate of drug-likeness (QED) is 0.499. The summed E-state index contributed by atoms with van der Waals surface area (Å²) in [7, 11) is 0. The highest BCUT2D eigenvalue weighted by molar-refractivity contribution is 6.33. The minimum atomic E-state index is -1.01. The molecule has 3 heteroatoms. The van der Waals surface area contributed by atoms with Crippen molar-refractivity contribution in [3.63, 3.8) is 0 Å². The Bertz CT molecular complexity index is 171. The molecule has 1 N–H and O–H groups in total. The standard InChI is InChI=1S/C11H21ClO2/c1-3-5-7-9-11(12,10(13)14)8-6-4-2/h3-9H2,1-2H3,(H,13,14). The third kappa shape index (κ3) is 4.85. The highest BCUT2D eigenvalue weighted by Crippen LogP contribution is 2.29. The first kappa shape index (κ1) is 13.8. The van der Waals surface area contributed by atoms with Gasteiger partial charge in [0.25, 0.3) is 0 Å². The fourth-order valence-corrected chi connectivity index (χ4v) is 1.72. The van der Waals surface area contributed by atoms with E-state index in [1.807, 2.05) is 6.92 Å². The normalized spacial score (nSPS) is 15.1. The zero-order valence-electron chi connectivity index (χ0n) is 9.18. The molecule has 14 heavy (non-hydrogen) atoms.